The first-order chi connectivity index (χ1) is 10.8. The van der Waals surface area contributed by atoms with E-state index in [1.54, 1.807) is 4.88 Å². The lowest BCUT2D eigenvalue weighted by Crippen LogP contribution is -2.28. The predicted octanol–water partition coefficient (Wildman–Crippen LogP) is 5.90. The van der Waals surface area contributed by atoms with Crippen LogP contribution in [-0.2, 0) is 6.54 Å². The Kier molecular flexibility index (Phi) is 5.61. The average molecular weight is 332 g/mol. The fourth-order valence-electron chi connectivity index (χ4n) is 3.35. The van der Waals surface area contributed by atoms with E-state index in [-0.39, 0.29) is 0 Å². The summed E-state index contributed by atoms with van der Waals surface area (Å²) in [4.78, 5) is 5.65. The van der Waals surface area contributed by atoms with E-state index in [0.29, 0.717) is 6.04 Å². The number of rotatable bonds is 4. The minimum atomic E-state index is 0.614. The molecule has 1 aromatic heterocycles. The summed E-state index contributed by atoms with van der Waals surface area (Å²) in [6.07, 6.45) is 7.53. The fourth-order valence-corrected chi connectivity index (χ4v) is 4.85. The van der Waals surface area contributed by atoms with Gasteiger partial charge in [-0.25, -0.2) is 0 Å². The normalized spacial score (nSPS) is 20.0. The van der Waals surface area contributed by atoms with E-state index in [1.165, 1.54) is 48.3 Å². The summed E-state index contributed by atoms with van der Waals surface area (Å²) in [5.74, 6) is 0. The molecule has 1 nitrogen and oxygen atoms in total. The molecule has 1 aliphatic rings. The van der Waals surface area contributed by atoms with Gasteiger partial charge in [0.25, 0.3) is 0 Å². The largest absolute Gasteiger partial charge is 0.291 e. The van der Waals surface area contributed by atoms with Crippen LogP contribution in [0.5, 0.6) is 0 Å². The number of benzene rings is 1. The maximum atomic E-state index is 2.71. The van der Waals surface area contributed by atoms with Gasteiger partial charge in [0.2, 0.25) is 0 Å². The van der Waals surface area contributed by atoms with Gasteiger partial charge in [-0.15, -0.1) is 23.1 Å². The summed E-state index contributed by atoms with van der Waals surface area (Å²) in [7, 11) is 0. The number of nitrogens with zero attached hydrogens (tertiary/aromatic N) is 1. The molecule has 1 aromatic carbocycles. The Bertz CT molecular complexity index is 588. The van der Waals surface area contributed by atoms with Crippen molar-refractivity contribution in [3.05, 3.63) is 51.7 Å². The van der Waals surface area contributed by atoms with E-state index >= 15 is 0 Å². The highest BCUT2D eigenvalue weighted by Crippen LogP contribution is 2.36. The predicted molar refractivity (Wildman–Crippen MR) is 98.9 cm³/mol. The summed E-state index contributed by atoms with van der Waals surface area (Å²) in [5, 5.41) is 2.25. The molecule has 1 saturated heterocycles. The van der Waals surface area contributed by atoms with Crippen LogP contribution < -0.4 is 0 Å². The molecular formula is C19H25NS2. The molecule has 0 aliphatic carbocycles. The maximum Gasteiger partial charge on any atom is 0.0447 e. The molecule has 3 rings (SSSR count). The molecule has 0 spiro atoms. The minimum absolute atomic E-state index is 0.614. The second-order valence-corrected chi connectivity index (χ2v) is 7.98. The van der Waals surface area contributed by atoms with Crippen molar-refractivity contribution in [2.24, 2.45) is 0 Å². The molecule has 2 aromatic rings. The highest BCUT2D eigenvalue weighted by atomic mass is 32.2. The second-order valence-electron chi connectivity index (χ2n) is 6.15. The third-order valence-corrected chi connectivity index (χ3v) is 6.48. The first kappa shape index (κ1) is 16.1. The Balaban J connectivity index is 1.79. The van der Waals surface area contributed by atoms with Crippen LogP contribution in [0.4, 0.5) is 0 Å². The van der Waals surface area contributed by atoms with Gasteiger partial charge in [0, 0.05) is 22.4 Å². The molecule has 118 valence electrons. The first-order valence-electron chi connectivity index (χ1n) is 8.19. The summed E-state index contributed by atoms with van der Waals surface area (Å²) in [6, 6.07) is 12.0. The Morgan fingerprint density at radius 3 is 2.64 bits per heavy atom. The molecule has 3 heteroatoms. The smallest absolute Gasteiger partial charge is 0.0447 e. The summed E-state index contributed by atoms with van der Waals surface area (Å²) >= 11 is 3.76. The van der Waals surface area contributed by atoms with Crippen LogP contribution >= 0.6 is 23.1 Å². The summed E-state index contributed by atoms with van der Waals surface area (Å²) < 4.78 is 0. The standard InChI is InChI=1S/C19H25NS2/c1-15-11-13-22-19(15)18-6-4-3-5-12-20(18)14-16-7-9-17(21-2)10-8-16/h7-11,13,18H,3-6,12,14H2,1-2H3/t18-/m0/s1. The average Bonchev–Trinajstić information content (AvgIpc) is 2.83. The summed E-state index contributed by atoms with van der Waals surface area (Å²) in [6.45, 7) is 4.57. The molecule has 0 radical (unpaired) electrons. The monoisotopic (exact) mass is 331 g/mol. The van der Waals surface area contributed by atoms with Crippen LogP contribution in [0.2, 0.25) is 0 Å². The number of likely N-dealkylation sites (tertiary alicyclic amines) is 1. The van der Waals surface area contributed by atoms with Crippen LogP contribution in [0, 0.1) is 6.92 Å². The molecular weight excluding hydrogens is 306 g/mol. The number of thiophene rings is 1. The third kappa shape index (κ3) is 3.76. The molecule has 0 amide bonds. The Morgan fingerprint density at radius 1 is 1.14 bits per heavy atom. The van der Waals surface area contributed by atoms with E-state index < -0.39 is 0 Å². The molecule has 0 saturated carbocycles. The Labute approximate surface area is 142 Å². The van der Waals surface area contributed by atoms with Gasteiger partial charge < -0.3 is 0 Å². The molecule has 0 N–H and O–H groups in total. The van der Waals surface area contributed by atoms with E-state index in [4.69, 9.17) is 0 Å². The zero-order valence-electron chi connectivity index (χ0n) is 13.5. The molecule has 1 fully saturated rings. The van der Waals surface area contributed by atoms with Crippen LogP contribution in [0.3, 0.4) is 0 Å². The lowest BCUT2D eigenvalue weighted by molar-refractivity contribution is 0.195. The zero-order valence-corrected chi connectivity index (χ0v) is 15.2. The van der Waals surface area contributed by atoms with E-state index in [9.17, 15) is 0 Å². The van der Waals surface area contributed by atoms with Gasteiger partial charge in [-0.1, -0.05) is 25.0 Å². The van der Waals surface area contributed by atoms with Crippen molar-refractivity contribution in [1.82, 2.24) is 4.90 Å². The summed E-state index contributed by atoms with van der Waals surface area (Å²) in [5.41, 5.74) is 2.92. The lowest BCUT2D eigenvalue weighted by atomic mass is 10.0. The third-order valence-electron chi connectivity index (χ3n) is 4.61. The van der Waals surface area contributed by atoms with Crippen LogP contribution in [0.1, 0.15) is 47.7 Å². The number of hydrogen-bond donors (Lipinski definition) is 0. The van der Waals surface area contributed by atoms with Crippen molar-refractivity contribution in [1.29, 1.82) is 0 Å². The van der Waals surface area contributed by atoms with Gasteiger partial charge in [-0.3, -0.25) is 4.90 Å². The van der Waals surface area contributed by atoms with Gasteiger partial charge in [0.05, 0.1) is 0 Å². The fraction of sp³-hybridized carbons (Fsp3) is 0.474. The van der Waals surface area contributed by atoms with Crippen molar-refractivity contribution >= 4 is 23.1 Å². The van der Waals surface area contributed by atoms with Gasteiger partial charge in [-0.05, 0) is 67.3 Å². The number of thioether (sulfide) groups is 1. The molecule has 0 bridgehead atoms. The zero-order chi connectivity index (χ0) is 15.4. The maximum absolute atomic E-state index is 2.71. The molecule has 22 heavy (non-hydrogen) atoms. The van der Waals surface area contributed by atoms with Crippen molar-refractivity contribution in [2.45, 2.75) is 50.1 Å². The molecule has 0 unspecified atom stereocenters. The minimum Gasteiger partial charge on any atom is -0.291 e. The molecule has 2 heterocycles. The van der Waals surface area contributed by atoms with Gasteiger partial charge in [0.1, 0.15) is 0 Å². The Morgan fingerprint density at radius 2 is 1.95 bits per heavy atom. The first-order valence-corrected chi connectivity index (χ1v) is 10.3. The SMILES string of the molecule is CSc1ccc(CN2CCCCC[C@H]2c2sccc2C)cc1. The van der Waals surface area contributed by atoms with E-state index in [1.807, 2.05) is 23.1 Å². The highest BCUT2D eigenvalue weighted by molar-refractivity contribution is 7.98. The van der Waals surface area contributed by atoms with Crippen molar-refractivity contribution in [3.8, 4) is 0 Å². The van der Waals surface area contributed by atoms with E-state index in [2.05, 4.69) is 53.8 Å². The topological polar surface area (TPSA) is 3.24 Å². The second kappa shape index (κ2) is 7.67. The quantitative estimate of drug-likeness (QED) is 0.642. The van der Waals surface area contributed by atoms with Gasteiger partial charge >= 0.3 is 0 Å². The van der Waals surface area contributed by atoms with Crippen molar-refractivity contribution in [2.75, 3.05) is 12.8 Å². The van der Waals surface area contributed by atoms with Crippen LogP contribution in [0.15, 0.2) is 40.6 Å². The lowest BCUT2D eigenvalue weighted by Gasteiger charge is -2.30. The molecule has 1 aliphatic heterocycles. The Hall–Kier alpha value is -0.770. The van der Waals surface area contributed by atoms with Gasteiger partial charge in [0.15, 0.2) is 0 Å². The number of hydrogen-bond acceptors (Lipinski definition) is 3. The van der Waals surface area contributed by atoms with Crippen LogP contribution in [0.25, 0.3) is 0 Å². The van der Waals surface area contributed by atoms with Gasteiger partial charge in [-0.2, -0.15) is 0 Å². The van der Waals surface area contributed by atoms with Crippen molar-refractivity contribution < 1.29 is 0 Å². The van der Waals surface area contributed by atoms with Crippen molar-refractivity contribution in [3.63, 3.8) is 0 Å². The van der Waals surface area contributed by atoms with E-state index in [0.717, 1.165) is 6.54 Å². The number of aryl methyl sites for hydroxylation is 1. The molecule has 1 atom stereocenters. The highest BCUT2D eigenvalue weighted by Gasteiger charge is 2.24. The van der Waals surface area contributed by atoms with Crippen LogP contribution in [-0.4, -0.2) is 17.7 Å².